The largest absolute Gasteiger partial charge is 0.505 e. The van der Waals surface area contributed by atoms with Gasteiger partial charge in [-0.3, -0.25) is 4.72 Å². The van der Waals surface area contributed by atoms with Crippen LogP contribution in [0.4, 0.5) is 11.4 Å². The number of phenolic OH excluding ortho intramolecular Hbond substituents is 1. The number of halogens is 2. The van der Waals surface area contributed by atoms with Gasteiger partial charge in [0, 0.05) is 16.7 Å². The van der Waals surface area contributed by atoms with Crippen LogP contribution in [-0.4, -0.2) is 50.9 Å². The van der Waals surface area contributed by atoms with Gasteiger partial charge in [-0.15, -0.1) is 10.2 Å². The maximum atomic E-state index is 13.0. The Morgan fingerprint density at radius 2 is 1.63 bits per heavy atom. The van der Waals surface area contributed by atoms with Gasteiger partial charge in [0.1, 0.15) is 5.71 Å². The zero-order valence-electron chi connectivity index (χ0n) is 21.8. The number of sulfonamides is 1. The van der Waals surface area contributed by atoms with Crippen LogP contribution in [0.1, 0.15) is 37.0 Å². The number of aromatic hydroxyl groups is 1. The van der Waals surface area contributed by atoms with Gasteiger partial charge in [-0.25, -0.2) is 18.2 Å². The monoisotopic (exact) mass is 612 g/mol. The molecule has 0 saturated carbocycles. The van der Waals surface area contributed by atoms with Gasteiger partial charge >= 0.3 is 5.97 Å². The van der Waals surface area contributed by atoms with Gasteiger partial charge < -0.3 is 10.2 Å². The van der Waals surface area contributed by atoms with Gasteiger partial charge in [-0.05, 0) is 42.5 Å². The first kappa shape index (κ1) is 28.3. The molecule has 0 spiro atoms. The minimum Gasteiger partial charge on any atom is -0.505 e. The van der Waals surface area contributed by atoms with Gasteiger partial charge in [-0.2, -0.15) is 9.78 Å². The first-order chi connectivity index (χ1) is 19.2. The second-order valence-electron chi connectivity index (χ2n) is 10.1. The van der Waals surface area contributed by atoms with E-state index in [0.29, 0.717) is 34.3 Å². The van der Waals surface area contributed by atoms with Crippen molar-refractivity contribution in [3.8, 4) is 17.1 Å². The SMILES string of the molecule is CC(C)(C)C1=Nn2c(nnc2-c2cccc(NS(=O)(=O)c3cccc(C(=O)O)c3)c2)C1=Nc1cc(Cl)c(O)c(Cl)c1. The molecule has 11 nitrogen and oxygen atoms in total. The van der Waals surface area contributed by atoms with Crippen LogP contribution in [0.15, 0.2) is 75.7 Å². The van der Waals surface area contributed by atoms with Crippen molar-refractivity contribution in [3.05, 3.63) is 82.1 Å². The third-order valence-corrected chi connectivity index (χ3v) is 7.95. The summed E-state index contributed by atoms with van der Waals surface area (Å²) in [6.45, 7) is 5.89. The molecular formula is C27H22Cl2N6O5S. The first-order valence-corrected chi connectivity index (χ1v) is 14.3. The Bertz CT molecular complexity index is 1870. The van der Waals surface area contributed by atoms with E-state index in [1.165, 1.54) is 35.0 Å². The van der Waals surface area contributed by atoms with E-state index in [0.717, 1.165) is 6.07 Å². The van der Waals surface area contributed by atoms with Crippen LogP contribution in [0, 0.1) is 5.41 Å². The predicted molar refractivity (Wildman–Crippen MR) is 156 cm³/mol. The number of fused-ring (bicyclic) bond motifs is 1. The zero-order chi connectivity index (χ0) is 29.7. The highest BCUT2D eigenvalue weighted by Gasteiger charge is 2.35. The average Bonchev–Trinajstić information content (AvgIpc) is 3.47. The minimum atomic E-state index is -4.09. The molecule has 3 aromatic carbocycles. The van der Waals surface area contributed by atoms with E-state index in [1.807, 2.05) is 20.8 Å². The summed E-state index contributed by atoms with van der Waals surface area (Å²) in [7, 11) is -4.09. The van der Waals surface area contributed by atoms with Crippen LogP contribution in [0.2, 0.25) is 10.0 Å². The number of benzene rings is 3. The molecule has 0 aliphatic carbocycles. The van der Waals surface area contributed by atoms with Crippen molar-refractivity contribution >= 4 is 62.0 Å². The molecule has 4 aromatic rings. The number of hydrogen-bond donors (Lipinski definition) is 3. The fourth-order valence-electron chi connectivity index (χ4n) is 4.04. The topological polar surface area (TPSA) is 159 Å². The standard InChI is InChI=1S/C27H22Cl2N6O5S/c1-27(2,3)23-21(30-17-12-19(28)22(36)20(29)13-17)25-32-31-24(35(25)33-23)14-6-4-8-16(10-14)34-41(39,40)18-9-5-7-15(11-18)26(37)38/h4-13,34,36H,1-3H3,(H,37,38). The summed E-state index contributed by atoms with van der Waals surface area (Å²) in [5, 5.41) is 32.6. The Labute approximate surface area is 244 Å². The summed E-state index contributed by atoms with van der Waals surface area (Å²) in [4.78, 5) is 15.8. The number of hydrogen-bond acceptors (Lipinski definition) is 8. The summed E-state index contributed by atoms with van der Waals surface area (Å²) in [6, 6.07) is 14.5. The number of aromatic carboxylic acids is 1. The van der Waals surface area contributed by atoms with Gasteiger partial charge in [0.25, 0.3) is 10.0 Å². The van der Waals surface area contributed by atoms with E-state index in [2.05, 4.69) is 19.9 Å². The maximum Gasteiger partial charge on any atom is 0.335 e. The number of carboxylic acid groups (broad SMARTS) is 1. The predicted octanol–water partition coefficient (Wildman–Crippen LogP) is 5.84. The highest BCUT2D eigenvalue weighted by atomic mass is 35.5. The molecule has 0 unspecified atom stereocenters. The summed E-state index contributed by atoms with van der Waals surface area (Å²) < 4.78 is 30.0. The van der Waals surface area contributed by atoms with Gasteiger partial charge in [0.15, 0.2) is 11.6 Å². The van der Waals surface area contributed by atoms with E-state index < -0.39 is 21.4 Å². The smallest absolute Gasteiger partial charge is 0.335 e. The number of rotatable bonds is 6. The molecule has 210 valence electrons. The number of aliphatic imine (C=N–C) groups is 1. The summed E-state index contributed by atoms with van der Waals surface area (Å²) in [6.07, 6.45) is 0. The second kappa shape index (κ2) is 10.3. The molecule has 2 heterocycles. The lowest BCUT2D eigenvalue weighted by molar-refractivity contribution is 0.0696. The highest BCUT2D eigenvalue weighted by Crippen LogP contribution is 2.37. The number of nitrogens with one attached hydrogen (secondary N) is 1. The maximum absolute atomic E-state index is 13.0. The van der Waals surface area contributed by atoms with Crippen LogP contribution >= 0.6 is 23.2 Å². The molecule has 1 aromatic heterocycles. The van der Waals surface area contributed by atoms with Crippen LogP contribution < -0.4 is 4.72 Å². The van der Waals surface area contributed by atoms with Gasteiger partial charge in [0.2, 0.25) is 5.82 Å². The number of carboxylic acids is 1. The lowest BCUT2D eigenvalue weighted by Gasteiger charge is -2.18. The third kappa shape index (κ3) is 5.53. The molecule has 0 saturated heterocycles. The molecule has 0 radical (unpaired) electrons. The van der Waals surface area contributed by atoms with Gasteiger partial charge in [0.05, 0.1) is 31.9 Å². The minimum absolute atomic E-state index is 0.0419. The summed E-state index contributed by atoms with van der Waals surface area (Å²) >= 11 is 12.2. The molecule has 41 heavy (non-hydrogen) atoms. The lowest BCUT2D eigenvalue weighted by atomic mass is 9.87. The molecule has 0 fully saturated rings. The van der Waals surface area contributed by atoms with Crippen molar-refractivity contribution < 1.29 is 23.4 Å². The number of nitrogens with zero attached hydrogens (tertiary/aromatic N) is 5. The average molecular weight is 613 g/mol. The van der Waals surface area contributed by atoms with E-state index in [9.17, 15) is 23.4 Å². The number of aromatic nitrogens is 3. The van der Waals surface area contributed by atoms with E-state index in [-0.39, 0.29) is 31.9 Å². The van der Waals surface area contributed by atoms with Crippen molar-refractivity contribution in [2.45, 2.75) is 25.7 Å². The number of phenols is 1. The number of carbonyl (C=O) groups is 1. The summed E-state index contributed by atoms with van der Waals surface area (Å²) in [5.74, 6) is -0.798. The van der Waals surface area contributed by atoms with Crippen molar-refractivity contribution in [2.24, 2.45) is 15.5 Å². The molecule has 3 N–H and O–H groups in total. The summed E-state index contributed by atoms with van der Waals surface area (Å²) in [5.41, 5.74) is 1.55. The van der Waals surface area contributed by atoms with E-state index >= 15 is 0 Å². The normalized spacial score (nSPS) is 14.2. The Hall–Kier alpha value is -4.26. The van der Waals surface area contributed by atoms with Gasteiger partial charge in [-0.1, -0.05) is 62.2 Å². The van der Waals surface area contributed by atoms with Crippen molar-refractivity contribution in [1.29, 1.82) is 0 Å². The molecule has 1 aliphatic heterocycles. The third-order valence-electron chi connectivity index (χ3n) is 5.99. The number of anilines is 1. The Kier molecular flexibility index (Phi) is 7.10. The molecule has 0 amide bonds. The molecule has 0 bridgehead atoms. The van der Waals surface area contributed by atoms with Crippen LogP contribution in [0.5, 0.6) is 5.75 Å². The van der Waals surface area contributed by atoms with Crippen LogP contribution in [0.3, 0.4) is 0 Å². The molecule has 14 heteroatoms. The quantitative estimate of drug-likeness (QED) is 0.246. The second-order valence-corrected chi connectivity index (χ2v) is 12.6. The van der Waals surface area contributed by atoms with Crippen molar-refractivity contribution in [3.63, 3.8) is 0 Å². The fraction of sp³-hybridized carbons (Fsp3) is 0.148. The molecule has 0 atom stereocenters. The van der Waals surface area contributed by atoms with E-state index in [1.54, 1.807) is 24.3 Å². The van der Waals surface area contributed by atoms with Crippen LogP contribution in [-0.2, 0) is 10.0 Å². The molecular weight excluding hydrogens is 591 g/mol. The Morgan fingerprint density at radius 3 is 2.29 bits per heavy atom. The highest BCUT2D eigenvalue weighted by molar-refractivity contribution is 7.92. The van der Waals surface area contributed by atoms with Crippen molar-refractivity contribution in [2.75, 3.05) is 4.72 Å². The van der Waals surface area contributed by atoms with Crippen molar-refractivity contribution in [1.82, 2.24) is 14.9 Å². The molecule has 1 aliphatic rings. The van der Waals surface area contributed by atoms with E-state index in [4.69, 9.17) is 28.3 Å². The fourth-order valence-corrected chi connectivity index (χ4v) is 5.61. The lowest BCUT2D eigenvalue weighted by Crippen LogP contribution is -2.27. The van der Waals surface area contributed by atoms with Crippen LogP contribution in [0.25, 0.3) is 11.4 Å². The first-order valence-electron chi connectivity index (χ1n) is 12.0. The Balaban J connectivity index is 1.53. The molecule has 5 rings (SSSR count). The Morgan fingerprint density at radius 1 is 0.976 bits per heavy atom. The zero-order valence-corrected chi connectivity index (χ0v) is 24.1.